The number of sulfone groups is 1. The summed E-state index contributed by atoms with van der Waals surface area (Å²) in [5.74, 6) is -0.197. The van der Waals surface area contributed by atoms with Gasteiger partial charge in [-0.25, -0.2) is 18.0 Å². The third kappa shape index (κ3) is 2.91. The molecule has 12 heteroatoms. The number of nitrogens with one attached hydrogen (secondary N) is 1. The zero-order chi connectivity index (χ0) is 20.1. The van der Waals surface area contributed by atoms with E-state index in [1.54, 1.807) is 24.4 Å². The van der Waals surface area contributed by atoms with Crippen molar-refractivity contribution in [3.8, 4) is 22.5 Å². The second-order valence-electron chi connectivity index (χ2n) is 5.97. The lowest BCUT2D eigenvalue weighted by Crippen LogP contribution is -2.15. The van der Waals surface area contributed by atoms with E-state index in [1.165, 1.54) is 16.8 Å². The fourth-order valence-corrected chi connectivity index (χ4v) is 4.22. The molecule has 0 aliphatic rings. The molecular weight excluding hydrogens is 397 g/mol. The molecular formula is C16H11F3N6O2S. The maximum atomic E-state index is 13.6. The summed E-state index contributed by atoms with van der Waals surface area (Å²) in [6, 6.07) is 7.12. The zero-order valence-electron chi connectivity index (χ0n) is 14.1. The van der Waals surface area contributed by atoms with Crippen molar-refractivity contribution in [1.82, 2.24) is 30.2 Å². The molecule has 0 aliphatic heterocycles. The van der Waals surface area contributed by atoms with E-state index in [9.17, 15) is 21.6 Å². The van der Waals surface area contributed by atoms with Gasteiger partial charge in [0.25, 0.3) is 0 Å². The Balaban J connectivity index is 2.17. The number of rotatable bonds is 3. The molecule has 0 spiro atoms. The molecule has 0 bridgehead atoms. The molecule has 0 unspecified atom stereocenters. The number of hydrogen-bond donors (Lipinski definition) is 1. The summed E-state index contributed by atoms with van der Waals surface area (Å²) in [4.78, 5) is -0.897. The predicted molar refractivity (Wildman–Crippen MR) is 91.9 cm³/mol. The van der Waals surface area contributed by atoms with Crippen LogP contribution in [-0.2, 0) is 16.0 Å². The fraction of sp³-hybridized carbons (Fsp3) is 0.125. The maximum Gasteiger partial charge on any atom is 0.417 e. The molecule has 3 aromatic heterocycles. The smallest absolute Gasteiger partial charge is 0.240 e. The minimum atomic E-state index is -4.89. The number of nitrogens with zero attached hydrogens (tertiary/aromatic N) is 5. The lowest BCUT2D eigenvalue weighted by molar-refractivity contribution is -0.139. The third-order valence-corrected chi connectivity index (χ3v) is 5.30. The van der Waals surface area contributed by atoms with Crippen LogP contribution in [0.4, 0.5) is 13.2 Å². The molecule has 0 aliphatic carbocycles. The number of tetrazole rings is 1. The first kappa shape index (κ1) is 18.1. The van der Waals surface area contributed by atoms with E-state index in [-0.39, 0.29) is 17.0 Å². The number of benzene rings is 1. The largest absolute Gasteiger partial charge is 0.417 e. The minimum absolute atomic E-state index is 0.197. The van der Waals surface area contributed by atoms with Crippen LogP contribution in [0.2, 0.25) is 0 Å². The molecule has 3 heterocycles. The van der Waals surface area contributed by atoms with Crippen molar-refractivity contribution < 1.29 is 21.6 Å². The quantitative estimate of drug-likeness (QED) is 0.559. The topological polar surface area (TPSA) is 106 Å². The molecule has 0 saturated heterocycles. The summed E-state index contributed by atoms with van der Waals surface area (Å²) >= 11 is 0. The number of hydrogen-bond acceptors (Lipinski definition) is 6. The highest BCUT2D eigenvalue weighted by Crippen LogP contribution is 2.43. The highest BCUT2D eigenvalue weighted by molar-refractivity contribution is 7.91. The van der Waals surface area contributed by atoms with Gasteiger partial charge in [-0.3, -0.25) is 0 Å². The van der Waals surface area contributed by atoms with Crippen molar-refractivity contribution in [1.29, 1.82) is 0 Å². The third-order valence-electron chi connectivity index (χ3n) is 4.13. The molecule has 0 amide bonds. The van der Waals surface area contributed by atoms with Crippen LogP contribution in [0.15, 0.2) is 47.6 Å². The number of pyridine rings is 1. The van der Waals surface area contributed by atoms with Gasteiger partial charge in [-0.05, 0) is 34.2 Å². The average molecular weight is 408 g/mol. The molecule has 4 rings (SSSR count). The van der Waals surface area contributed by atoms with Gasteiger partial charge in [0.1, 0.15) is 0 Å². The van der Waals surface area contributed by atoms with Crippen LogP contribution in [0, 0.1) is 0 Å². The SMILES string of the molecule is CS(=O)(=O)c1c(C(F)(F)F)ccc(-c2cnn3ccccc23)c1-c1nnn[nH]1. The summed E-state index contributed by atoms with van der Waals surface area (Å²) in [5, 5.41) is 16.9. The molecule has 1 aromatic carbocycles. The van der Waals surface area contributed by atoms with Crippen molar-refractivity contribution in [2.45, 2.75) is 11.1 Å². The second-order valence-corrected chi connectivity index (χ2v) is 7.93. The second kappa shape index (κ2) is 6.12. The lowest BCUT2D eigenvalue weighted by Gasteiger charge is -2.17. The van der Waals surface area contributed by atoms with Gasteiger partial charge in [-0.15, -0.1) is 5.10 Å². The van der Waals surface area contributed by atoms with Crippen LogP contribution in [0.5, 0.6) is 0 Å². The van der Waals surface area contributed by atoms with Gasteiger partial charge in [0.05, 0.1) is 22.2 Å². The van der Waals surface area contributed by atoms with Crippen LogP contribution in [0.25, 0.3) is 28.0 Å². The van der Waals surface area contributed by atoms with E-state index in [4.69, 9.17) is 0 Å². The van der Waals surface area contributed by atoms with Crippen LogP contribution in [0.3, 0.4) is 0 Å². The van der Waals surface area contributed by atoms with Gasteiger partial charge in [-0.1, -0.05) is 12.1 Å². The number of H-pyrrole nitrogens is 1. The van der Waals surface area contributed by atoms with E-state index >= 15 is 0 Å². The Morgan fingerprint density at radius 3 is 2.54 bits per heavy atom. The molecule has 4 aromatic rings. The maximum absolute atomic E-state index is 13.6. The molecule has 144 valence electrons. The van der Waals surface area contributed by atoms with Crippen LogP contribution in [0.1, 0.15) is 5.56 Å². The van der Waals surface area contributed by atoms with Crippen molar-refractivity contribution >= 4 is 15.4 Å². The molecule has 0 atom stereocenters. The highest BCUT2D eigenvalue weighted by atomic mass is 32.2. The van der Waals surface area contributed by atoms with Gasteiger partial charge >= 0.3 is 6.18 Å². The number of fused-ring (bicyclic) bond motifs is 1. The first-order valence-electron chi connectivity index (χ1n) is 7.79. The van der Waals surface area contributed by atoms with Gasteiger partial charge in [0, 0.05) is 23.6 Å². The Hall–Kier alpha value is -3.28. The molecule has 0 saturated carbocycles. The average Bonchev–Trinajstić information content (AvgIpc) is 3.28. The van der Waals surface area contributed by atoms with E-state index < -0.39 is 26.5 Å². The standard InChI is InChI=1S/C16H11F3N6O2S/c1-28(26,27)14-11(16(17,18)19)6-5-9(13(14)15-21-23-24-22-15)10-8-20-25-7-3-2-4-12(10)25/h2-8H,1H3,(H,21,22,23,24). The van der Waals surface area contributed by atoms with Crippen LogP contribution in [-0.4, -0.2) is 44.9 Å². The van der Waals surface area contributed by atoms with Crippen LogP contribution < -0.4 is 0 Å². The van der Waals surface area contributed by atoms with E-state index in [2.05, 4.69) is 25.7 Å². The summed E-state index contributed by atoms with van der Waals surface area (Å²) in [6.07, 6.45) is -1.07. The molecule has 0 radical (unpaired) electrons. The van der Waals surface area contributed by atoms with Gasteiger partial charge in [0.2, 0.25) is 0 Å². The van der Waals surface area contributed by atoms with Crippen molar-refractivity contribution in [2.24, 2.45) is 0 Å². The molecule has 0 fully saturated rings. The molecule has 28 heavy (non-hydrogen) atoms. The number of aromatic nitrogens is 6. The van der Waals surface area contributed by atoms with Crippen LogP contribution >= 0.6 is 0 Å². The number of halogens is 3. The predicted octanol–water partition coefficient (Wildman–Crippen LogP) is 2.60. The van der Waals surface area contributed by atoms with Crippen molar-refractivity contribution in [3.05, 3.63) is 48.3 Å². The Morgan fingerprint density at radius 2 is 1.89 bits per heavy atom. The van der Waals surface area contributed by atoms with Gasteiger partial charge in [0.15, 0.2) is 15.7 Å². The summed E-state index contributed by atoms with van der Waals surface area (Å²) < 4.78 is 67.1. The van der Waals surface area contributed by atoms with Crippen molar-refractivity contribution in [2.75, 3.05) is 6.26 Å². The Bertz CT molecular complexity index is 1280. The lowest BCUT2D eigenvalue weighted by atomic mass is 9.97. The highest BCUT2D eigenvalue weighted by Gasteiger charge is 2.39. The minimum Gasteiger partial charge on any atom is -0.240 e. The zero-order valence-corrected chi connectivity index (χ0v) is 15.0. The Kier molecular flexibility index (Phi) is 3.96. The normalized spacial score (nSPS) is 12.6. The van der Waals surface area contributed by atoms with E-state index in [0.717, 1.165) is 6.07 Å². The molecule has 1 N–H and O–H groups in total. The van der Waals surface area contributed by atoms with Gasteiger partial charge in [-0.2, -0.15) is 18.3 Å². The summed E-state index contributed by atoms with van der Waals surface area (Å²) in [5.41, 5.74) is -0.336. The Morgan fingerprint density at radius 1 is 1.11 bits per heavy atom. The van der Waals surface area contributed by atoms with E-state index in [0.29, 0.717) is 17.3 Å². The van der Waals surface area contributed by atoms with Gasteiger partial charge < -0.3 is 0 Å². The number of alkyl halides is 3. The monoisotopic (exact) mass is 408 g/mol. The fourth-order valence-electron chi connectivity index (χ4n) is 3.06. The summed E-state index contributed by atoms with van der Waals surface area (Å²) in [7, 11) is -4.30. The molecule has 8 nitrogen and oxygen atoms in total. The van der Waals surface area contributed by atoms with E-state index in [1.807, 2.05) is 0 Å². The number of aromatic amines is 1. The summed E-state index contributed by atoms with van der Waals surface area (Å²) in [6.45, 7) is 0. The first-order valence-corrected chi connectivity index (χ1v) is 9.68. The van der Waals surface area contributed by atoms with Crippen molar-refractivity contribution in [3.63, 3.8) is 0 Å². The first-order chi connectivity index (χ1) is 13.2. The Labute approximate surface area is 155 Å².